The van der Waals surface area contributed by atoms with Gasteiger partial charge in [-0.25, -0.2) is 4.79 Å². The van der Waals surface area contributed by atoms with Crippen molar-refractivity contribution in [1.29, 1.82) is 0 Å². The van der Waals surface area contributed by atoms with Crippen LogP contribution >= 0.6 is 15.9 Å². The molecule has 0 spiro atoms. The van der Waals surface area contributed by atoms with Crippen molar-refractivity contribution in [3.63, 3.8) is 0 Å². The molecule has 5 heteroatoms. The van der Waals surface area contributed by atoms with Crippen molar-refractivity contribution in [3.8, 4) is 0 Å². The summed E-state index contributed by atoms with van der Waals surface area (Å²) in [6.07, 6.45) is 5.19. The highest BCUT2D eigenvalue weighted by atomic mass is 79.9. The van der Waals surface area contributed by atoms with E-state index in [1.165, 1.54) is 18.5 Å². The third-order valence-corrected chi connectivity index (χ3v) is 4.49. The van der Waals surface area contributed by atoms with E-state index in [1.54, 1.807) is 6.08 Å². The Bertz CT molecular complexity index is 543. The van der Waals surface area contributed by atoms with E-state index in [0.717, 1.165) is 29.2 Å². The maximum atomic E-state index is 10.6. The number of carboxylic acid groups (broad SMARTS) is 1. The highest BCUT2D eigenvalue weighted by Crippen LogP contribution is 2.30. The number of nitrogens with zero attached hydrogens (tertiary/aromatic N) is 2. The zero-order chi connectivity index (χ0) is 15.4. The van der Waals surface area contributed by atoms with Gasteiger partial charge in [-0.15, -0.1) is 0 Å². The fourth-order valence-corrected chi connectivity index (χ4v) is 3.29. The second kappa shape index (κ2) is 7.09. The van der Waals surface area contributed by atoms with Crippen molar-refractivity contribution in [1.82, 2.24) is 4.90 Å². The van der Waals surface area contributed by atoms with E-state index in [2.05, 4.69) is 45.9 Å². The van der Waals surface area contributed by atoms with Crippen LogP contribution in [0.3, 0.4) is 0 Å². The number of anilines is 1. The molecule has 0 bridgehead atoms. The second-order valence-electron chi connectivity index (χ2n) is 5.59. The summed E-state index contributed by atoms with van der Waals surface area (Å²) in [5.74, 6) is -0.931. The lowest BCUT2D eigenvalue weighted by atomic mass is 10.0. The van der Waals surface area contributed by atoms with Crippen LogP contribution in [-0.2, 0) is 4.79 Å². The summed E-state index contributed by atoms with van der Waals surface area (Å²) < 4.78 is 1.01. The van der Waals surface area contributed by atoms with Gasteiger partial charge >= 0.3 is 5.97 Å². The molecule has 1 N–H and O–H groups in total. The van der Waals surface area contributed by atoms with E-state index in [-0.39, 0.29) is 0 Å². The van der Waals surface area contributed by atoms with Crippen LogP contribution in [0.2, 0.25) is 0 Å². The monoisotopic (exact) mass is 352 g/mol. The van der Waals surface area contributed by atoms with Crippen LogP contribution in [0.1, 0.15) is 18.4 Å². The molecule has 0 aromatic heterocycles. The molecule has 1 atom stereocenters. The van der Waals surface area contributed by atoms with Gasteiger partial charge < -0.3 is 14.9 Å². The summed E-state index contributed by atoms with van der Waals surface area (Å²) >= 11 is 3.61. The zero-order valence-electron chi connectivity index (χ0n) is 12.4. The summed E-state index contributed by atoms with van der Waals surface area (Å²) in [6, 6.07) is 6.56. The molecule has 1 heterocycles. The Labute approximate surface area is 134 Å². The molecule has 1 fully saturated rings. The third kappa shape index (κ3) is 4.32. The minimum Gasteiger partial charge on any atom is -0.478 e. The van der Waals surface area contributed by atoms with Crippen LogP contribution in [-0.4, -0.2) is 49.2 Å². The Morgan fingerprint density at radius 1 is 1.48 bits per heavy atom. The maximum absolute atomic E-state index is 10.6. The molecule has 21 heavy (non-hydrogen) atoms. The third-order valence-electron chi connectivity index (χ3n) is 3.86. The molecule has 0 saturated carbocycles. The van der Waals surface area contributed by atoms with Gasteiger partial charge in [0.05, 0.1) is 5.69 Å². The number of benzene rings is 1. The molecule has 0 radical (unpaired) electrons. The van der Waals surface area contributed by atoms with Crippen molar-refractivity contribution in [2.24, 2.45) is 0 Å². The first-order chi connectivity index (χ1) is 9.97. The van der Waals surface area contributed by atoms with Crippen molar-refractivity contribution < 1.29 is 9.90 Å². The van der Waals surface area contributed by atoms with E-state index in [1.807, 2.05) is 12.1 Å². The van der Waals surface area contributed by atoms with Gasteiger partial charge in [0.15, 0.2) is 0 Å². The van der Waals surface area contributed by atoms with E-state index in [0.29, 0.717) is 6.04 Å². The SMILES string of the molecule is CN(C)C1CCCN(c2ccc(/C=C/C(=O)O)cc2Br)C1. The molecule has 4 nitrogen and oxygen atoms in total. The largest absolute Gasteiger partial charge is 0.478 e. The molecule has 0 amide bonds. The van der Waals surface area contributed by atoms with E-state index in [9.17, 15) is 4.79 Å². The first-order valence-electron chi connectivity index (χ1n) is 7.09. The standard InChI is InChI=1S/C16H21BrN2O2/c1-18(2)13-4-3-9-19(11-13)15-7-5-12(10-14(15)17)6-8-16(20)21/h5-8,10,13H,3-4,9,11H2,1-2H3,(H,20,21)/b8-6+. The Kier molecular flexibility index (Phi) is 5.42. The second-order valence-corrected chi connectivity index (χ2v) is 6.44. The molecule has 2 rings (SSSR count). The smallest absolute Gasteiger partial charge is 0.328 e. The number of likely N-dealkylation sites (N-methyl/N-ethyl adjacent to an activating group) is 1. The number of piperidine rings is 1. The van der Waals surface area contributed by atoms with Gasteiger partial charge in [0, 0.05) is 29.7 Å². The van der Waals surface area contributed by atoms with Gasteiger partial charge in [-0.3, -0.25) is 0 Å². The highest BCUT2D eigenvalue weighted by molar-refractivity contribution is 9.10. The molecular weight excluding hydrogens is 332 g/mol. The zero-order valence-corrected chi connectivity index (χ0v) is 14.0. The first-order valence-corrected chi connectivity index (χ1v) is 7.88. The lowest BCUT2D eigenvalue weighted by Gasteiger charge is -2.38. The average molecular weight is 353 g/mol. The van der Waals surface area contributed by atoms with E-state index < -0.39 is 5.97 Å². The van der Waals surface area contributed by atoms with Crippen LogP contribution in [0.15, 0.2) is 28.7 Å². The Balaban J connectivity index is 2.15. The maximum Gasteiger partial charge on any atom is 0.328 e. The average Bonchev–Trinajstić information content (AvgIpc) is 2.45. The number of halogens is 1. The summed E-state index contributed by atoms with van der Waals surface area (Å²) in [4.78, 5) is 15.2. The normalized spacial score (nSPS) is 19.4. The van der Waals surface area contributed by atoms with Crippen LogP contribution in [0, 0.1) is 0 Å². The highest BCUT2D eigenvalue weighted by Gasteiger charge is 2.22. The fraction of sp³-hybridized carbons (Fsp3) is 0.438. The summed E-state index contributed by atoms with van der Waals surface area (Å²) in [5.41, 5.74) is 2.06. The molecule has 1 aromatic rings. The van der Waals surface area contributed by atoms with Gasteiger partial charge in [-0.1, -0.05) is 6.07 Å². The Morgan fingerprint density at radius 3 is 2.86 bits per heavy atom. The van der Waals surface area contributed by atoms with Crippen molar-refractivity contribution in [2.45, 2.75) is 18.9 Å². The molecule has 1 aromatic carbocycles. The molecule has 1 aliphatic rings. The quantitative estimate of drug-likeness (QED) is 0.845. The van der Waals surface area contributed by atoms with Gasteiger partial charge in [0.25, 0.3) is 0 Å². The number of aliphatic carboxylic acids is 1. The number of carbonyl (C=O) groups is 1. The predicted octanol–water partition coefficient (Wildman–Crippen LogP) is 3.08. The number of rotatable bonds is 4. The minimum absolute atomic E-state index is 0.581. The molecule has 114 valence electrons. The molecule has 1 aliphatic heterocycles. The summed E-state index contributed by atoms with van der Waals surface area (Å²) in [7, 11) is 4.26. The summed E-state index contributed by atoms with van der Waals surface area (Å²) in [6.45, 7) is 2.09. The fourth-order valence-electron chi connectivity index (χ4n) is 2.65. The Morgan fingerprint density at radius 2 is 2.24 bits per heavy atom. The lowest BCUT2D eigenvalue weighted by Crippen LogP contribution is -2.45. The molecule has 0 aliphatic carbocycles. The number of hydrogen-bond acceptors (Lipinski definition) is 3. The Hall–Kier alpha value is -1.33. The summed E-state index contributed by atoms with van der Waals surface area (Å²) in [5, 5.41) is 8.67. The lowest BCUT2D eigenvalue weighted by molar-refractivity contribution is -0.131. The van der Waals surface area contributed by atoms with Gasteiger partial charge in [-0.05, 0) is 66.6 Å². The van der Waals surface area contributed by atoms with Crippen molar-refractivity contribution >= 4 is 33.7 Å². The number of carboxylic acids is 1. The van der Waals surface area contributed by atoms with E-state index in [4.69, 9.17) is 5.11 Å². The van der Waals surface area contributed by atoms with Gasteiger partial charge in [-0.2, -0.15) is 0 Å². The first kappa shape index (κ1) is 16.0. The van der Waals surface area contributed by atoms with Crippen LogP contribution in [0.5, 0.6) is 0 Å². The topological polar surface area (TPSA) is 43.8 Å². The number of hydrogen-bond donors (Lipinski definition) is 1. The predicted molar refractivity (Wildman–Crippen MR) is 89.7 cm³/mol. The van der Waals surface area contributed by atoms with E-state index >= 15 is 0 Å². The van der Waals surface area contributed by atoms with Crippen LogP contribution < -0.4 is 4.90 Å². The molecular formula is C16H21BrN2O2. The van der Waals surface area contributed by atoms with Crippen molar-refractivity contribution in [3.05, 3.63) is 34.3 Å². The molecule has 1 saturated heterocycles. The minimum atomic E-state index is -0.931. The van der Waals surface area contributed by atoms with Crippen LogP contribution in [0.25, 0.3) is 6.08 Å². The molecule has 1 unspecified atom stereocenters. The van der Waals surface area contributed by atoms with Crippen LogP contribution in [0.4, 0.5) is 5.69 Å². The van der Waals surface area contributed by atoms with Gasteiger partial charge in [0.1, 0.15) is 0 Å². The van der Waals surface area contributed by atoms with Crippen molar-refractivity contribution in [2.75, 3.05) is 32.1 Å². The van der Waals surface area contributed by atoms with Gasteiger partial charge in [0.2, 0.25) is 0 Å².